The Morgan fingerprint density at radius 3 is 2.32 bits per heavy atom. The number of nitrogens with zero attached hydrogens (tertiary/aromatic N) is 2. The lowest BCUT2D eigenvalue weighted by Crippen LogP contribution is -2.48. The van der Waals surface area contributed by atoms with Crippen molar-refractivity contribution < 1.29 is 42.1 Å². The summed E-state index contributed by atoms with van der Waals surface area (Å²) in [7, 11) is 1.72. The molecular formula is C37H45F3N4O6. The lowest BCUT2D eigenvalue weighted by atomic mass is 10.0. The summed E-state index contributed by atoms with van der Waals surface area (Å²) < 4.78 is 51.4. The van der Waals surface area contributed by atoms with Crippen LogP contribution in [0.4, 0.5) is 29.3 Å². The number of aliphatic hydroxyl groups is 1. The highest BCUT2D eigenvalue weighted by Gasteiger charge is 2.32. The van der Waals surface area contributed by atoms with Crippen LogP contribution in [0.1, 0.15) is 66.3 Å². The van der Waals surface area contributed by atoms with Gasteiger partial charge in [-0.15, -0.1) is 0 Å². The fourth-order valence-corrected chi connectivity index (χ4v) is 5.65. The number of aliphatic hydroxyl groups excluding tert-OH is 1. The first kappa shape index (κ1) is 38.2. The van der Waals surface area contributed by atoms with Gasteiger partial charge < -0.3 is 35.0 Å². The van der Waals surface area contributed by atoms with Gasteiger partial charge in [-0.2, -0.15) is 13.2 Å². The number of alkyl halides is 3. The molecule has 0 bridgehead atoms. The van der Waals surface area contributed by atoms with Crippen LogP contribution >= 0.6 is 0 Å². The summed E-state index contributed by atoms with van der Waals surface area (Å²) in [6, 6.07) is 16.3. The smallest absolute Gasteiger partial charge is 0.416 e. The van der Waals surface area contributed by atoms with Gasteiger partial charge in [-0.25, -0.2) is 4.79 Å². The van der Waals surface area contributed by atoms with Crippen molar-refractivity contribution in [1.29, 1.82) is 0 Å². The molecule has 4 rings (SSSR count). The highest BCUT2D eigenvalue weighted by Crippen LogP contribution is 2.31. The van der Waals surface area contributed by atoms with E-state index in [1.165, 1.54) is 11.0 Å². The summed E-state index contributed by atoms with van der Waals surface area (Å²) in [4.78, 5) is 43.5. The maximum Gasteiger partial charge on any atom is 0.416 e. The summed E-state index contributed by atoms with van der Waals surface area (Å²) in [5.74, 6) is -0.560. The number of anilines is 2. The van der Waals surface area contributed by atoms with Crippen LogP contribution in [0.5, 0.6) is 5.75 Å². The third kappa shape index (κ3) is 10.4. The molecule has 0 aromatic heterocycles. The molecule has 0 fully saturated rings. The number of rotatable bonds is 7. The number of urea groups is 1. The fourth-order valence-electron chi connectivity index (χ4n) is 5.65. The largest absolute Gasteiger partial charge is 0.490 e. The van der Waals surface area contributed by atoms with Crippen molar-refractivity contribution >= 4 is 29.2 Å². The van der Waals surface area contributed by atoms with Crippen LogP contribution in [0.3, 0.4) is 0 Å². The molecule has 270 valence electrons. The molecule has 0 saturated heterocycles. The molecule has 1 aliphatic heterocycles. The van der Waals surface area contributed by atoms with Gasteiger partial charge in [0.15, 0.2) is 0 Å². The molecule has 13 heteroatoms. The van der Waals surface area contributed by atoms with Gasteiger partial charge in [0.05, 0.1) is 36.0 Å². The third-order valence-corrected chi connectivity index (χ3v) is 8.60. The Kier molecular flexibility index (Phi) is 13.3. The van der Waals surface area contributed by atoms with E-state index in [2.05, 4.69) is 10.6 Å². The Balaban J connectivity index is 1.59. The predicted octanol–water partition coefficient (Wildman–Crippen LogP) is 6.92. The Bertz CT molecular complexity index is 1590. The van der Waals surface area contributed by atoms with E-state index in [0.29, 0.717) is 24.3 Å². The Labute approximate surface area is 290 Å². The molecule has 0 radical (unpaired) electrons. The monoisotopic (exact) mass is 698 g/mol. The van der Waals surface area contributed by atoms with Gasteiger partial charge in [-0.1, -0.05) is 25.1 Å². The van der Waals surface area contributed by atoms with Crippen LogP contribution in [0.15, 0.2) is 72.8 Å². The van der Waals surface area contributed by atoms with Gasteiger partial charge in [-0.3, -0.25) is 9.59 Å². The first-order valence-corrected chi connectivity index (χ1v) is 16.7. The number of likely N-dealkylation sites (N-methyl/N-ethyl adjacent to an activating group) is 1. The number of carbonyl (C=O) groups excluding carboxylic acids is 3. The lowest BCUT2D eigenvalue weighted by molar-refractivity contribution is -0.137. The number of amides is 4. The van der Waals surface area contributed by atoms with Crippen LogP contribution in [0, 0.1) is 5.92 Å². The number of halogens is 3. The van der Waals surface area contributed by atoms with Gasteiger partial charge in [0.25, 0.3) is 11.8 Å². The molecule has 1 heterocycles. The van der Waals surface area contributed by atoms with Crippen LogP contribution in [0.25, 0.3) is 0 Å². The molecule has 3 aromatic rings. The molecule has 10 nitrogen and oxygen atoms in total. The van der Waals surface area contributed by atoms with Crippen LogP contribution < -0.4 is 15.4 Å². The number of ether oxygens (including phenoxy) is 2. The first-order chi connectivity index (χ1) is 23.8. The van der Waals surface area contributed by atoms with E-state index in [4.69, 9.17) is 9.47 Å². The predicted molar refractivity (Wildman–Crippen MR) is 184 cm³/mol. The molecule has 50 heavy (non-hydrogen) atoms. The highest BCUT2D eigenvalue weighted by atomic mass is 19.4. The maximum absolute atomic E-state index is 14.3. The Hall–Kier alpha value is -4.62. The summed E-state index contributed by atoms with van der Waals surface area (Å²) in [6.45, 7) is 6.15. The molecule has 0 saturated carbocycles. The highest BCUT2D eigenvalue weighted by molar-refractivity contribution is 6.02. The maximum atomic E-state index is 14.3. The van der Waals surface area contributed by atoms with Crippen molar-refractivity contribution in [3.05, 3.63) is 89.5 Å². The molecule has 0 spiro atoms. The Morgan fingerprint density at radius 1 is 1.00 bits per heavy atom. The average Bonchev–Trinajstić information content (AvgIpc) is 3.09. The second kappa shape index (κ2) is 17.3. The van der Waals surface area contributed by atoms with Crippen molar-refractivity contribution in [3.8, 4) is 5.75 Å². The topological polar surface area (TPSA) is 120 Å². The van der Waals surface area contributed by atoms with Gasteiger partial charge >= 0.3 is 12.2 Å². The molecular weight excluding hydrogens is 653 g/mol. The zero-order valence-electron chi connectivity index (χ0n) is 28.7. The van der Waals surface area contributed by atoms with Crippen molar-refractivity contribution in [3.63, 3.8) is 0 Å². The fraction of sp³-hybridized carbons (Fsp3) is 0.432. The number of nitrogens with one attached hydrogen (secondary N) is 2. The summed E-state index contributed by atoms with van der Waals surface area (Å²) in [5, 5.41) is 15.3. The quantitative estimate of drug-likeness (QED) is 0.247. The number of hydrogen-bond acceptors (Lipinski definition) is 6. The average molecular weight is 699 g/mol. The van der Waals surface area contributed by atoms with Crippen molar-refractivity contribution in [1.82, 2.24) is 9.80 Å². The minimum atomic E-state index is -4.51. The molecule has 4 atom stereocenters. The molecule has 4 amide bonds. The normalized spacial score (nSPS) is 19.7. The lowest BCUT2D eigenvalue weighted by Gasteiger charge is -2.36. The van der Waals surface area contributed by atoms with Gasteiger partial charge in [-0.05, 0) is 87.7 Å². The van der Waals surface area contributed by atoms with E-state index in [1.54, 1.807) is 55.3 Å². The molecule has 3 aromatic carbocycles. The standard InChI is InChI=1S/C37H45F3N4O6/c1-24-21-44(25(2)23-45)35(47)31-20-30(42-36(48)41-29-15-13-28(14-16-29)37(38,39)40)17-18-32(31)50-26(3)10-8-9-19-49-33(24)22-43(4)34(46)27-11-6-5-7-12-27/h5-7,11-18,20,24-26,33,45H,8-10,19,21-23H2,1-4H3,(H2,41,42,48)/t24-,25-,26-,33+/m1/s1. The molecule has 0 aliphatic carbocycles. The number of benzene rings is 3. The number of carbonyl (C=O) groups is 3. The summed E-state index contributed by atoms with van der Waals surface area (Å²) in [6.07, 6.45) is -2.97. The van der Waals surface area contributed by atoms with Gasteiger partial charge in [0, 0.05) is 49.6 Å². The number of fused-ring (bicyclic) bond motifs is 1. The summed E-state index contributed by atoms with van der Waals surface area (Å²) in [5.41, 5.74) is 0.251. The third-order valence-electron chi connectivity index (χ3n) is 8.60. The molecule has 0 unspecified atom stereocenters. The minimum absolute atomic E-state index is 0.145. The SMILES string of the molecule is C[C@@H]1CCCCO[C@@H](CN(C)C(=O)c2ccccc2)[C@H](C)CN([C@H](C)CO)C(=O)c2cc(NC(=O)Nc3ccc(C(F)(F)F)cc3)ccc2O1. The van der Waals surface area contributed by atoms with Gasteiger partial charge in [0.1, 0.15) is 5.75 Å². The minimum Gasteiger partial charge on any atom is -0.490 e. The van der Waals surface area contributed by atoms with Crippen molar-refractivity contribution in [2.24, 2.45) is 5.92 Å². The zero-order valence-corrected chi connectivity index (χ0v) is 28.7. The van der Waals surface area contributed by atoms with E-state index in [0.717, 1.165) is 37.1 Å². The van der Waals surface area contributed by atoms with Gasteiger partial charge in [0.2, 0.25) is 0 Å². The molecule has 1 aliphatic rings. The second-order valence-corrected chi connectivity index (χ2v) is 12.7. The van der Waals surface area contributed by atoms with Crippen LogP contribution in [0.2, 0.25) is 0 Å². The van der Waals surface area contributed by atoms with Crippen LogP contribution in [-0.4, -0.2) is 84.4 Å². The van der Waals surface area contributed by atoms with E-state index in [1.807, 2.05) is 19.9 Å². The van der Waals surface area contributed by atoms with E-state index in [9.17, 15) is 32.7 Å². The first-order valence-electron chi connectivity index (χ1n) is 16.7. The van der Waals surface area contributed by atoms with Crippen molar-refractivity contribution in [2.75, 3.05) is 44.0 Å². The van der Waals surface area contributed by atoms with E-state index in [-0.39, 0.29) is 54.6 Å². The zero-order chi connectivity index (χ0) is 36.4. The number of hydrogen-bond donors (Lipinski definition) is 3. The van der Waals surface area contributed by atoms with E-state index >= 15 is 0 Å². The Morgan fingerprint density at radius 2 is 1.66 bits per heavy atom. The van der Waals surface area contributed by atoms with Crippen LogP contribution in [-0.2, 0) is 10.9 Å². The second-order valence-electron chi connectivity index (χ2n) is 12.7. The van der Waals surface area contributed by atoms with Crippen molar-refractivity contribution in [2.45, 2.75) is 64.5 Å². The summed E-state index contributed by atoms with van der Waals surface area (Å²) >= 11 is 0. The molecule has 3 N–H and O–H groups in total. The van der Waals surface area contributed by atoms with E-state index < -0.39 is 35.8 Å².